The summed E-state index contributed by atoms with van der Waals surface area (Å²) in [6.07, 6.45) is 4.27. The van der Waals surface area contributed by atoms with Crippen LogP contribution in [-0.2, 0) is 18.4 Å². The Kier molecular flexibility index (Phi) is 4.06. The summed E-state index contributed by atoms with van der Waals surface area (Å²) in [5.74, 6) is -0.0866. The number of aromatic nitrogens is 2. The molecule has 0 atom stereocenters. The zero-order valence-corrected chi connectivity index (χ0v) is 14.2. The molecule has 1 amide bonds. The molecule has 0 saturated heterocycles. The average Bonchev–Trinajstić information content (AvgIpc) is 2.99. The first kappa shape index (κ1) is 15.7. The number of rotatable bonds is 4. The number of benzene rings is 1. The molecular weight excluding hydrogens is 324 g/mol. The number of hydrogen-bond donors (Lipinski definition) is 3. The molecule has 1 aliphatic carbocycles. The highest BCUT2D eigenvalue weighted by molar-refractivity contribution is 6.30. The fraction of sp³-hybridized carbons (Fsp3) is 0.444. The minimum atomic E-state index is -0.0866. The summed E-state index contributed by atoms with van der Waals surface area (Å²) < 4.78 is 0. The largest absolute Gasteiger partial charge is 0.350 e. The molecule has 3 N–H and O–H groups in total. The summed E-state index contributed by atoms with van der Waals surface area (Å²) in [5.41, 5.74) is 3.91. The molecular formula is C18H21ClN4O. The quantitative estimate of drug-likeness (QED) is 0.798. The molecule has 5 nitrogen and oxygen atoms in total. The van der Waals surface area contributed by atoms with Crippen LogP contribution >= 0.6 is 11.6 Å². The normalized spacial score (nSPS) is 18.5. The number of carbonyl (C=O) groups is 1. The second-order valence-corrected chi connectivity index (χ2v) is 7.22. The first-order chi connectivity index (χ1) is 11.7. The Morgan fingerprint density at radius 2 is 2.08 bits per heavy atom. The predicted octanol–water partition coefficient (Wildman–Crippen LogP) is 2.56. The van der Waals surface area contributed by atoms with E-state index in [9.17, 15) is 4.79 Å². The molecule has 1 saturated carbocycles. The van der Waals surface area contributed by atoms with Gasteiger partial charge in [-0.25, -0.2) is 0 Å². The van der Waals surface area contributed by atoms with Gasteiger partial charge in [0.15, 0.2) is 5.69 Å². The van der Waals surface area contributed by atoms with Gasteiger partial charge in [-0.2, -0.15) is 5.10 Å². The zero-order chi connectivity index (χ0) is 16.6. The smallest absolute Gasteiger partial charge is 0.272 e. The number of fused-ring (bicyclic) bond motifs is 1. The standard InChI is InChI=1S/C18H21ClN4O/c19-13-4-2-12(3-5-13)18(7-1-8-18)11-21-17(24)16-14-10-20-9-6-15(14)22-23-16/h2-5,20H,1,6-11H2,(H,21,24)(H,22,23). The van der Waals surface area contributed by atoms with E-state index in [2.05, 4.69) is 33.0 Å². The van der Waals surface area contributed by atoms with Crippen LogP contribution in [0, 0.1) is 0 Å². The third-order valence-corrected chi connectivity index (χ3v) is 5.63. The number of hydrogen-bond acceptors (Lipinski definition) is 3. The molecule has 0 spiro atoms. The van der Waals surface area contributed by atoms with Crippen LogP contribution in [0.4, 0.5) is 0 Å². The maximum atomic E-state index is 12.6. The van der Waals surface area contributed by atoms with Gasteiger partial charge in [-0.15, -0.1) is 0 Å². The molecule has 1 aromatic carbocycles. The highest BCUT2D eigenvalue weighted by Gasteiger charge is 2.39. The molecule has 2 aliphatic rings. The van der Waals surface area contributed by atoms with E-state index in [0.29, 0.717) is 18.8 Å². The van der Waals surface area contributed by atoms with E-state index in [1.807, 2.05) is 12.1 Å². The van der Waals surface area contributed by atoms with Crippen molar-refractivity contribution in [2.45, 2.75) is 37.6 Å². The lowest BCUT2D eigenvalue weighted by molar-refractivity contribution is 0.0921. The second-order valence-electron chi connectivity index (χ2n) is 6.78. The van der Waals surface area contributed by atoms with Crippen molar-refractivity contribution in [1.29, 1.82) is 0 Å². The van der Waals surface area contributed by atoms with E-state index in [1.165, 1.54) is 12.0 Å². The number of H-pyrrole nitrogens is 1. The van der Waals surface area contributed by atoms with Gasteiger partial charge in [0.2, 0.25) is 0 Å². The van der Waals surface area contributed by atoms with Crippen LogP contribution in [-0.4, -0.2) is 29.2 Å². The van der Waals surface area contributed by atoms with Crippen molar-refractivity contribution in [3.8, 4) is 0 Å². The Morgan fingerprint density at radius 3 is 2.79 bits per heavy atom. The SMILES string of the molecule is O=C(NCC1(c2ccc(Cl)cc2)CCC1)c1n[nH]c2c1CNCC2. The van der Waals surface area contributed by atoms with E-state index in [0.717, 1.165) is 42.1 Å². The predicted molar refractivity (Wildman–Crippen MR) is 93.3 cm³/mol. The van der Waals surface area contributed by atoms with Gasteiger partial charge in [0, 0.05) is 47.8 Å². The number of amides is 1. The Hall–Kier alpha value is -1.85. The lowest BCUT2D eigenvalue weighted by Crippen LogP contribution is -2.45. The average molecular weight is 345 g/mol. The summed E-state index contributed by atoms with van der Waals surface area (Å²) >= 11 is 6.00. The minimum absolute atomic E-state index is 0.0366. The Labute approximate surface area is 146 Å². The molecule has 6 heteroatoms. The second kappa shape index (κ2) is 6.22. The molecule has 2 heterocycles. The number of nitrogens with zero attached hydrogens (tertiary/aromatic N) is 1. The molecule has 1 aromatic heterocycles. The van der Waals surface area contributed by atoms with Crippen molar-refractivity contribution in [2.24, 2.45) is 0 Å². The Balaban J connectivity index is 1.48. The molecule has 24 heavy (non-hydrogen) atoms. The number of halogens is 1. The molecule has 126 valence electrons. The summed E-state index contributed by atoms with van der Waals surface area (Å²) in [5, 5.41) is 14.4. The van der Waals surface area contributed by atoms with E-state index in [-0.39, 0.29) is 11.3 Å². The Morgan fingerprint density at radius 1 is 1.29 bits per heavy atom. The van der Waals surface area contributed by atoms with Crippen LogP contribution in [0.15, 0.2) is 24.3 Å². The molecule has 0 bridgehead atoms. The third-order valence-electron chi connectivity index (χ3n) is 5.38. The fourth-order valence-electron chi connectivity index (χ4n) is 3.72. The molecule has 1 fully saturated rings. The van der Waals surface area contributed by atoms with Crippen LogP contribution < -0.4 is 10.6 Å². The van der Waals surface area contributed by atoms with Crippen molar-refractivity contribution >= 4 is 17.5 Å². The first-order valence-corrected chi connectivity index (χ1v) is 8.87. The Bertz CT molecular complexity index is 749. The van der Waals surface area contributed by atoms with E-state index in [1.54, 1.807) is 0 Å². The highest BCUT2D eigenvalue weighted by atomic mass is 35.5. The van der Waals surface area contributed by atoms with Gasteiger partial charge < -0.3 is 10.6 Å². The van der Waals surface area contributed by atoms with E-state index < -0.39 is 0 Å². The van der Waals surface area contributed by atoms with Crippen LogP contribution in [0.1, 0.15) is 46.6 Å². The molecule has 0 unspecified atom stereocenters. The summed E-state index contributed by atoms with van der Waals surface area (Å²) in [6.45, 7) is 2.27. The fourth-order valence-corrected chi connectivity index (χ4v) is 3.85. The molecule has 0 radical (unpaired) electrons. The number of aromatic amines is 1. The van der Waals surface area contributed by atoms with Crippen molar-refractivity contribution in [3.05, 3.63) is 51.8 Å². The van der Waals surface area contributed by atoms with Gasteiger partial charge >= 0.3 is 0 Å². The van der Waals surface area contributed by atoms with Gasteiger partial charge in [-0.3, -0.25) is 9.89 Å². The third kappa shape index (κ3) is 2.72. The van der Waals surface area contributed by atoms with Crippen LogP contribution in [0.25, 0.3) is 0 Å². The van der Waals surface area contributed by atoms with Crippen molar-refractivity contribution in [1.82, 2.24) is 20.8 Å². The lowest BCUT2D eigenvalue weighted by atomic mass is 9.64. The van der Waals surface area contributed by atoms with E-state index in [4.69, 9.17) is 11.6 Å². The summed E-state index contributed by atoms with van der Waals surface area (Å²) in [6, 6.07) is 8.00. The van der Waals surface area contributed by atoms with Gasteiger partial charge in [0.25, 0.3) is 5.91 Å². The highest BCUT2D eigenvalue weighted by Crippen LogP contribution is 2.43. The number of carbonyl (C=O) groups excluding carboxylic acids is 1. The van der Waals surface area contributed by atoms with Crippen LogP contribution in [0.5, 0.6) is 0 Å². The van der Waals surface area contributed by atoms with E-state index >= 15 is 0 Å². The lowest BCUT2D eigenvalue weighted by Gasteiger charge is -2.42. The monoisotopic (exact) mass is 344 g/mol. The summed E-state index contributed by atoms with van der Waals surface area (Å²) in [4.78, 5) is 12.6. The first-order valence-electron chi connectivity index (χ1n) is 8.49. The van der Waals surface area contributed by atoms with Gasteiger partial charge in [-0.1, -0.05) is 30.2 Å². The molecule has 2 aromatic rings. The summed E-state index contributed by atoms with van der Waals surface area (Å²) in [7, 11) is 0. The van der Waals surface area contributed by atoms with Crippen LogP contribution in [0.3, 0.4) is 0 Å². The van der Waals surface area contributed by atoms with Gasteiger partial charge in [-0.05, 0) is 30.5 Å². The molecule has 4 rings (SSSR count). The molecule has 1 aliphatic heterocycles. The topological polar surface area (TPSA) is 69.8 Å². The zero-order valence-electron chi connectivity index (χ0n) is 13.5. The van der Waals surface area contributed by atoms with Gasteiger partial charge in [0.1, 0.15) is 0 Å². The number of nitrogens with one attached hydrogen (secondary N) is 3. The maximum Gasteiger partial charge on any atom is 0.272 e. The maximum absolute atomic E-state index is 12.6. The van der Waals surface area contributed by atoms with Crippen molar-refractivity contribution in [2.75, 3.05) is 13.1 Å². The minimum Gasteiger partial charge on any atom is -0.350 e. The van der Waals surface area contributed by atoms with Crippen LogP contribution in [0.2, 0.25) is 5.02 Å². The van der Waals surface area contributed by atoms with Crippen molar-refractivity contribution in [3.63, 3.8) is 0 Å². The van der Waals surface area contributed by atoms with Crippen molar-refractivity contribution < 1.29 is 4.79 Å². The van der Waals surface area contributed by atoms with Gasteiger partial charge in [0.05, 0.1) is 0 Å².